The van der Waals surface area contributed by atoms with Gasteiger partial charge in [-0.3, -0.25) is 0 Å². The molecule has 5 aromatic rings. The topological polar surface area (TPSA) is 42.2 Å². The van der Waals surface area contributed by atoms with E-state index in [0.29, 0.717) is 23.7 Å². The first-order valence-corrected chi connectivity index (χ1v) is 12.0. The summed E-state index contributed by atoms with van der Waals surface area (Å²) in [6.07, 6.45) is 1.88. The largest absolute Gasteiger partial charge is 0.493 e. The van der Waals surface area contributed by atoms with Gasteiger partial charge in [-0.2, -0.15) is 5.26 Å². The van der Waals surface area contributed by atoms with Crippen molar-refractivity contribution < 1.29 is 9.47 Å². The maximum Gasteiger partial charge on any atom is 0.175 e. The molecule has 0 saturated carbocycles. The smallest absolute Gasteiger partial charge is 0.175 e. The lowest BCUT2D eigenvalue weighted by Crippen LogP contribution is -2.00. The number of nitriles is 1. The summed E-state index contributed by atoms with van der Waals surface area (Å²) in [5, 5.41) is 14.4. The van der Waals surface area contributed by atoms with Gasteiger partial charge < -0.3 is 9.47 Å². The fourth-order valence-electron chi connectivity index (χ4n) is 4.33. The van der Waals surface area contributed by atoms with E-state index in [1.165, 1.54) is 10.8 Å². The summed E-state index contributed by atoms with van der Waals surface area (Å²) in [5.41, 5.74) is 3.43. The molecule has 0 unspecified atom stereocenters. The quantitative estimate of drug-likeness (QED) is 0.167. The number of nitrogens with zero attached hydrogens (tertiary/aromatic N) is 1. The molecule has 0 aliphatic carbocycles. The van der Waals surface area contributed by atoms with Crippen LogP contribution in [0.25, 0.3) is 33.2 Å². The summed E-state index contributed by atoms with van der Waals surface area (Å²) in [4.78, 5) is 0. The highest BCUT2D eigenvalue weighted by atomic mass is 79.9. The molecule has 0 saturated heterocycles. The van der Waals surface area contributed by atoms with Crippen LogP contribution in [0.15, 0.2) is 102 Å². The summed E-state index contributed by atoms with van der Waals surface area (Å²) in [7, 11) is 1.62. The van der Waals surface area contributed by atoms with Gasteiger partial charge in [0.15, 0.2) is 11.5 Å². The zero-order valence-electron chi connectivity index (χ0n) is 19.2. The van der Waals surface area contributed by atoms with Crippen LogP contribution < -0.4 is 9.47 Å². The lowest BCUT2D eigenvalue weighted by atomic mass is 9.97. The van der Waals surface area contributed by atoms with E-state index in [1.54, 1.807) is 7.11 Å². The van der Waals surface area contributed by atoms with Crippen LogP contribution in [0.4, 0.5) is 0 Å². The van der Waals surface area contributed by atoms with E-state index in [-0.39, 0.29) is 0 Å². The van der Waals surface area contributed by atoms with Gasteiger partial charge in [-0.1, -0.05) is 84.9 Å². The third-order valence-electron chi connectivity index (χ3n) is 6.01. The number of allylic oxidation sites excluding steroid dienone is 1. The zero-order chi connectivity index (χ0) is 24.2. The predicted octanol–water partition coefficient (Wildman–Crippen LogP) is 8.41. The molecule has 170 valence electrons. The second kappa shape index (κ2) is 10.0. The number of benzene rings is 5. The number of hydrogen-bond acceptors (Lipinski definition) is 3. The van der Waals surface area contributed by atoms with Crippen LogP contribution in [0.3, 0.4) is 0 Å². The number of methoxy groups -OCH3 is 1. The van der Waals surface area contributed by atoms with Crippen LogP contribution in [-0.4, -0.2) is 7.11 Å². The van der Waals surface area contributed by atoms with Crippen LogP contribution in [0, 0.1) is 11.3 Å². The van der Waals surface area contributed by atoms with Crippen molar-refractivity contribution in [1.82, 2.24) is 0 Å². The van der Waals surface area contributed by atoms with Gasteiger partial charge in [-0.15, -0.1) is 0 Å². The Bertz CT molecular complexity index is 1600. The van der Waals surface area contributed by atoms with Gasteiger partial charge >= 0.3 is 0 Å². The molecule has 0 spiro atoms. The van der Waals surface area contributed by atoms with Gasteiger partial charge in [0.1, 0.15) is 6.61 Å². The highest BCUT2D eigenvalue weighted by molar-refractivity contribution is 9.10. The fraction of sp³-hybridized carbons (Fsp3) is 0.0645. The molecular formula is C31H22BrNO2. The van der Waals surface area contributed by atoms with E-state index < -0.39 is 0 Å². The van der Waals surface area contributed by atoms with Gasteiger partial charge in [0.2, 0.25) is 0 Å². The van der Waals surface area contributed by atoms with Crippen LogP contribution in [0.5, 0.6) is 11.5 Å². The molecule has 5 aromatic carbocycles. The Balaban J connectivity index is 1.48. The highest BCUT2D eigenvalue weighted by Gasteiger charge is 2.14. The van der Waals surface area contributed by atoms with Crippen LogP contribution in [0.1, 0.15) is 16.7 Å². The first-order valence-electron chi connectivity index (χ1n) is 11.2. The maximum absolute atomic E-state index is 9.96. The normalized spacial score (nSPS) is 11.4. The Morgan fingerprint density at radius 2 is 1.51 bits per heavy atom. The van der Waals surface area contributed by atoms with Crippen molar-refractivity contribution in [1.29, 1.82) is 5.26 Å². The van der Waals surface area contributed by atoms with E-state index in [2.05, 4.69) is 58.4 Å². The lowest BCUT2D eigenvalue weighted by molar-refractivity contribution is 0.283. The van der Waals surface area contributed by atoms with Gasteiger partial charge in [-0.25, -0.2) is 0 Å². The van der Waals surface area contributed by atoms with Crippen molar-refractivity contribution in [2.45, 2.75) is 6.61 Å². The Morgan fingerprint density at radius 3 is 2.26 bits per heavy atom. The summed E-state index contributed by atoms with van der Waals surface area (Å²) in [6, 6.07) is 34.8. The minimum atomic E-state index is 0.408. The standard InChI is InChI=1S/C31H22BrNO2/c1-34-30-18-21(16-25(19-33)28-15-7-11-23-9-3-5-14-27(23)28)17-29(32)31(30)35-20-24-12-6-10-22-8-2-4-13-26(22)24/h2-18H,20H2,1H3/b25-16-. The van der Waals surface area contributed by atoms with Crippen molar-refractivity contribution in [3.8, 4) is 17.6 Å². The molecule has 0 heterocycles. The maximum atomic E-state index is 9.96. The van der Waals surface area contributed by atoms with E-state index >= 15 is 0 Å². The molecule has 0 fully saturated rings. The summed E-state index contributed by atoms with van der Waals surface area (Å²) in [6.45, 7) is 0.408. The average molecular weight is 520 g/mol. The van der Waals surface area contributed by atoms with E-state index in [1.807, 2.05) is 66.7 Å². The second-order valence-electron chi connectivity index (χ2n) is 8.16. The molecule has 4 heteroatoms. The third kappa shape index (κ3) is 4.64. The molecule has 0 bridgehead atoms. The van der Waals surface area contributed by atoms with Crippen molar-refractivity contribution in [3.63, 3.8) is 0 Å². The monoisotopic (exact) mass is 519 g/mol. The van der Waals surface area contributed by atoms with Gasteiger partial charge in [0.25, 0.3) is 0 Å². The fourth-order valence-corrected chi connectivity index (χ4v) is 4.90. The van der Waals surface area contributed by atoms with Crippen LogP contribution in [0.2, 0.25) is 0 Å². The van der Waals surface area contributed by atoms with E-state index in [9.17, 15) is 5.26 Å². The summed E-state index contributed by atoms with van der Waals surface area (Å²) < 4.78 is 12.7. The molecule has 0 atom stereocenters. The molecule has 0 aromatic heterocycles. The number of rotatable bonds is 6. The number of halogens is 1. The Kier molecular flexibility index (Phi) is 6.52. The van der Waals surface area contributed by atoms with Crippen LogP contribution >= 0.6 is 15.9 Å². The van der Waals surface area contributed by atoms with Crippen LogP contribution in [-0.2, 0) is 6.61 Å². The zero-order valence-corrected chi connectivity index (χ0v) is 20.7. The minimum Gasteiger partial charge on any atom is -0.493 e. The Hall–Kier alpha value is -4.07. The van der Waals surface area contributed by atoms with E-state index in [4.69, 9.17) is 9.47 Å². The molecule has 0 aliphatic heterocycles. The first kappa shape index (κ1) is 22.7. The Labute approximate surface area is 213 Å². The molecule has 0 aliphatic rings. The predicted molar refractivity (Wildman–Crippen MR) is 146 cm³/mol. The van der Waals surface area contributed by atoms with Crippen molar-refractivity contribution in [2.24, 2.45) is 0 Å². The third-order valence-corrected chi connectivity index (χ3v) is 6.60. The first-order chi connectivity index (χ1) is 17.2. The van der Waals surface area contributed by atoms with Gasteiger partial charge in [0, 0.05) is 5.56 Å². The molecule has 0 amide bonds. The number of fused-ring (bicyclic) bond motifs is 2. The van der Waals surface area contributed by atoms with Crippen molar-refractivity contribution >= 4 is 49.1 Å². The molecule has 35 heavy (non-hydrogen) atoms. The highest BCUT2D eigenvalue weighted by Crippen LogP contribution is 2.39. The van der Waals surface area contributed by atoms with E-state index in [0.717, 1.165) is 31.9 Å². The Morgan fingerprint density at radius 1 is 0.857 bits per heavy atom. The SMILES string of the molecule is COc1cc(/C=C(/C#N)c2cccc3ccccc23)cc(Br)c1OCc1cccc2ccccc12. The lowest BCUT2D eigenvalue weighted by Gasteiger charge is -2.15. The number of hydrogen-bond donors (Lipinski definition) is 0. The molecule has 5 rings (SSSR count). The number of ether oxygens (including phenoxy) is 2. The van der Waals surface area contributed by atoms with Gasteiger partial charge in [-0.05, 0) is 66.8 Å². The summed E-state index contributed by atoms with van der Waals surface area (Å²) >= 11 is 3.65. The minimum absolute atomic E-state index is 0.408. The molecule has 0 N–H and O–H groups in total. The molecule has 0 radical (unpaired) electrons. The van der Waals surface area contributed by atoms with Crippen molar-refractivity contribution in [2.75, 3.05) is 7.11 Å². The molecular weight excluding hydrogens is 498 g/mol. The second-order valence-corrected chi connectivity index (χ2v) is 9.01. The van der Waals surface area contributed by atoms with Gasteiger partial charge in [0.05, 0.1) is 23.2 Å². The average Bonchev–Trinajstić information content (AvgIpc) is 2.90. The molecule has 3 nitrogen and oxygen atoms in total. The van der Waals surface area contributed by atoms with Crippen molar-refractivity contribution in [3.05, 3.63) is 118 Å². The summed E-state index contributed by atoms with van der Waals surface area (Å²) in [5.74, 6) is 1.22.